The lowest BCUT2D eigenvalue weighted by molar-refractivity contribution is -0.133. The van der Waals surface area contributed by atoms with E-state index in [0.29, 0.717) is 25.6 Å². The molecule has 4 N–H and O–H groups in total. The minimum Gasteiger partial charge on any atom is -0.351 e. The van der Waals surface area contributed by atoms with E-state index in [2.05, 4.69) is 42.0 Å². The third-order valence-corrected chi connectivity index (χ3v) is 6.08. The highest BCUT2D eigenvalue weighted by Crippen LogP contribution is 2.28. The third kappa shape index (κ3) is 6.69. The molecule has 8 heteroatoms. The van der Waals surface area contributed by atoms with Gasteiger partial charge in [-0.2, -0.15) is 0 Å². The largest absolute Gasteiger partial charge is 0.351 e. The highest BCUT2D eigenvalue weighted by molar-refractivity contribution is 5.89. The van der Waals surface area contributed by atoms with Crippen LogP contribution in [0.3, 0.4) is 0 Å². The molecule has 32 heavy (non-hydrogen) atoms. The van der Waals surface area contributed by atoms with E-state index >= 15 is 0 Å². The molecule has 8 nitrogen and oxygen atoms in total. The number of nitrogens with zero attached hydrogens (tertiary/aromatic N) is 1. The average Bonchev–Trinajstić information content (AvgIpc) is 3.06. The van der Waals surface area contributed by atoms with E-state index in [0.717, 1.165) is 24.8 Å². The molecule has 2 aliphatic rings. The van der Waals surface area contributed by atoms with Gasteiger partial charge in [-0.15, -0.1) is 0 Å². The molecule has 2 fully saturated rings. The fourth-order valence-corrected chi connectivity index (χ4v) is 4.84. The molecule has 176 valence electrons. The number of hydrogen-bond donors (Lipinski definition) is 4. The monoisotopic (exact) mass is 443 g/mol. The fraction of sp³-hybridized carbons (Fsp3) is 0.625. The number of amides is 4. The van der Waals surface area contributed by atoms with Crippen LogP contribution in [-0.2, 0) is 16.1 Å². The standard InChI is InChI=1S/C24H37N5O3/c1-16(30)26-20-14-18(28-24(2,3)4)10-11-21(20)29-13-12-19(22(29)31)27-23(32)25-15-17-8-6-5-7-9-17/h5-9,18-21,28H,10-15H2,1-4H3,(H,26,30)(H2,25,27,32)/t18-,19+,20-,21+/m1/s1. The van der Waals surface area contributed by atoms with Gasteiger partial charge in [0.25, 0.3) is 0 Å². The van der Waals surface area contributed by atoms with E-state index in [-0.39, 0.29) is 35.5 Å². The van der Waals surface area contributed by atoms with Crippen molar-refractivity contribution in [3.8, 4) is 0 Å². The zero-order chi connectivity index (χ0) is 23.3. The molecule has 1 aromatic rings. The third-order valence-electron chi connectivity index (χ3n) is 6.08. The van der Waals surface area contributed by atoms with E-state index < -0.39 is 6.04 Å². The van der Waals surface area contributed by atoms with Crippen LogP contribution in [0, 0.1) is 0 Å². The van der Waals surface area contributed by atoms with E-state index in [1.165, 1.54) is 6.92 Å². The molecule has 1 aliphatic carbocycles. The van der Waals surface area contributed by atoms with Crippen molar-refractivity contribution in [1.82, 2.24) is 26.2 Å². The first kappa shape index (κ1) is 24.0. The number of hydrogen-bond acceptors (Lipinski definition) is 4. The summed E-state index contributed by atoms with van der Waals surface area (Å²) in [5.41, 5.74) is 0.991. The van der Waals surface area contributed by atoms with Crippen molar-refractivity contribution in [2.45, 2.75) is 89.6 Å². The van der Waals surface area contributed by atoms with Gasteiger partial charge in [-0.3, -0.25) is 9.59 Å². The summed E-state index contributed by atoms with van der Waals surface area (Å²) in [4.78, 5) is 39.1. The number of carbonyl (C=O) groups is 3. The molecule has 1 saturated heterocycles. The second-order valence-electron chi connectivity index (χ2n) is 9.96. The maximum Gasteiger partial charge on any atom is 0.315 e. The van der Waals surface area contributed by atoms with Gasteiger partial charge in [-0.1, -0.05) is 30.3 Å². The fourth-order valence-electron chi connectivity index (χ4n) is 4.84. The highest BCUT2D eigenvalue weighted by atomic mass is 16.2. The normalized spacial score (nSPS) is 26.0. The van der Waals surface area contributed by atoms with Crippen LogP contribution in [0.2, 0.25) is 0 Å². The molecule has 1 aliphatic heterocycles. The van der Waals surface area contributed by atoms with Crippen LogP contribution < -0.4 is 21.3 Å². The van der Waals surface area contributed by atoms with Crippen LogP contribution in [0.1, 0.15) is 58.9 Å². The molecule has 4 atom stereocenters. The number of likely N-dealkylation sites (tertiary alicyclic amines) is 1. The molecule has 0 aromatic heterocycles. The van der Waals surface area contributed by atoms with Crippen LogP contribution >= 0.6 is 0 Å². The Labute approximate surface area is 190 Å². The summed E-state index contributed by atoms with van der Waals surface area (Å²) < 4.78 is 0. The van der Waals surface area contributed by atoms with Crippen LogP contribution in [0.15, 0.2) is 30.3 Å². The Morgan fingerprint density at radius 3 is 2.44 bits per heavy atom. The average molecular weight is 444 g/mol. The molecular formula is C24H37N5O3. The van der Waals surface area contributed by atoms with E-state index in [1.54, 1.807) is 0 Å². The molecule has 1 heterocycles. The van der Waals surface area contributed by atoms with Crippen molar-refractivity contribution >= 4 is 17.8 Å². The molecule has 4 amide bonds. The van der Waals surface area contributed by atoms with Crippen LogP contribution in [0.25, 0.3) is 0 Å². The zero-order valence-electron chi connectivity index (χ0n) is 19.6. The second-order valence-corrected chi connectivity index (χ2v) is 9.96. The lowest BCUT2D eigenvalue weighted by Crippen LogP contribution is -2.59. The Morgan fingerprint density at radius 2 is 1.78 bits per heavy atom. The Balaban J connectivity index is 1.56. The number of benzene rings is 1. The first-order valence-corrected chi connectivity index (χ1v) is 11.6. The molecule has 0 bridgehead atoms. The lowest BCUT2D eigenvalue weighted by atomic mass is 9.84. The van der Waals surface area contributed by atoms with Crippen molar-refractivity contribution in [2.75, 3.05) is 6.54 Å². The van der Waals surface area contributed by atoms with Crippen molar-refractivity contribution in [3.63, 3.8) is 0 Å². The molecule has 3 rings (SSSR count). The molecule has 1 saturated carbocycles. The topological polar surface area (TPSA) is 103 Å². The Kier molecular flexibility index (Phi) is 7.77. The molecule has 1 aromatic carbocycles. The first-order valence-electron chi connectivity index (χ1n) is 11.6. The minimum atomic E-state index is -0.533. The Bertz CT molecular complexity index is 808. The van der Waals surface area contributed by atoms with Crippen LogP contribution in [0.5, 0.6) is 0 Å². The zero-order valence-corrected chi connectivity index (χ0v) is 19.6. The quantitative estimate of drug-likeness (QED) is 0.539. The molecular weight excluding hydrogens is 406 g/mol. The van der Waals surface area contributed by atoms with Gasteiger partial charge in [0, 0.05) is 31.6 Å². The summed E-state index contributed by atoms with van der Waals surface area (Å²) >= 11 is 0. The van der Waals surface area contributed by atoms with E-state index in [1.807, 2.05) is 35.2 Å². The maximum atomic E-state index is 13.1. The van der Waals surface area contributed by atoms with Crippen LogP contribution in [-0.4, -0.2) is 59.0 Å². The van der Waals surface area contributed by atoms with Gasteiger partial charge in [0.05, 0.1) is 12.1 Å². The Hall–Kier alpha value is -2.61. The Morgan fingerprint density at radius 1 is 1.06 bits per heavy atom. The first-order chi connectivity index (χ1) is 15.1. The van der Waals surface area contributed by atoms with Gasteiger partial charge in [0.1, 0.15) is 6.04 Å². The molecule has 0 radical (unpaired) electrons. The van der Waals surface area contributed by atoms with E-state index in [4.69, 9.17) is 0 Å². The van der Waals surface area contributed by atoms with Crippen molar-refractivity contribution in [1.29, 1.82) is 0 Å². The van der Waals surface area contributed by atoms with Gasteiger partial charge >= 0.3 is 6.03 Å². The van der Waals surface area contributed by atoms with E-state index in [9.17, 15) is 14.4 Å². The second kappa shape index (κ2) is 10.3. The number of urea groups is 1. The van der Waals surface area contributed by atoms with Crippen molar-refractivity contribution in [2.24, 2.45) is 0 Å². The number of carbonyl (C=O) groups excluding carboxylic acids is 3. The minimum absolute atomic E-state index is 0.0101. The summed E-state index contributed by atoms with van der Waals surface area (Å²) in [5.74, 6) is -0.152. The number of nitrogens with one attached hydrogen (secondary N) is 4. The SMILES string of the molecule is CC(=O)N[C@@H]1C[C@H](NC(C)(C)C)CC[C@@H]1N1CC[C@H](NC(=O)NCc2ccccc2)C1=O. The lowest BCUT2D eigenvalue weighted by Gasteiger charge is -2.43. The van der Waals surface area contributed by atoms with Gasteiger partial charge in [0.2, 0.25) is 11.8 Å². The maximum absolute atomic E-state index is 13.1. The van der Waals surface area contributed by atoms with Crippen molar-refractivity contribution < 1.29 is 14.4 Å². The molecule has 0 spiro atoms. The van der Waals surface area contributed by atoms with Gasteiger partial charge in [-0.25, -0.2) is 4.79 Å². The highest BCUT2D eigenvalue weighted by Gasteiger charge is 2.42. The number of rotatable bonds is 6. The smallest absolute Gasteiger partial charge is 0.315 e. The van der Waals surface area contributed by atoms with Crippen LogP contribution in [0.4, 0.5) is 4.79 Å². The summed E-state index contributed by atoms with van der Waals surface area (Å²) in [6, 6.07) is 8.91. The van der Waals surface area contributed by atoms with Gasteiger partial charge in [-0.05, 0) is 52.0 Å². The molecule has 0 unspecified atom stereocenters. The predicted molar refractivity (Wildman–Crippen MR) is 124 cm³/mol. The van der Waals surface area contributed by atoms with Gasteiger partial charge in [0.15, 0.2) is 0 Å². The summed E-state index contributed by atoms with van der Waals surface area (Å²) in [6.45, 7) is 8.92. The summed E-state index contributed by atoms with van der Waals surface area (Å²) in [5, 5.41) is 12.3. The van der Waals surface area contributed by atoms with Crippen molar-refractivity contribution in [3.05, 3.63) is 35.9 Å². The van der Waals surface area contributed by atoms with Gasteiger partial charge < -0.3 is 26.2 Å². The predicted octanol–water partition coefficient (Wildman–Crippen LogP) is 1.90. The summed E-state index contributed by atoms with van der Waals surface area (Å²) in [7, 11) is 0. The summed E-state index contributed by atoms with van der Waals surface area (Å²) in [6.07, 6.45) is 3.11.